The third-order valence-corrected chi connectivity index (χ3v) is 5.49. The Morgan fingerprint density at radius 2 is 1.76 bits per heavy atom. The molecule has 0 saturated heterocycles. The summed E-state index contributed by atoms with van der Waals surface area (Å²) in [5.41, 5.74) is 1.05. The summed E-state index contributed by atoms with van der Waals surface area (Å²) in [6, 6.07) is 12.9. The number of carbonyl (C=O) groups excluding carboxylic acids is 1. The van der Waals surface area contributed by atoms with E-state index < -0.39 is 10.0 Å². The monoisotopic (exact) mass is 376 g/mol. The van der Waals surface area contributed by atoms with E-state index in [4.69, 9.17) is 11.6 Å². The molecule has 130 valence electrons. The van der Waals surface area contributed by atoms with Crippen LogP contribution in [0, 0.1) is 11.8 Å². The molecule has 2 aromatic rings. The van der Waals surface area contributed by atoms with Crippen LogP contribution in [0.3, 0.4) is 0 Å². The van der Waals surface area contributed by atoms with Crippen LogP contribution in [-0.4, -0.2) is 39.3 Å². The van der Waals surface area contributed by atoms with E-state index in [1.165, 1.54) is 38.4 Å². The summed E-state index contributed by atoms with van der Waals surface area (Å²) in [4.78, 5) is 12.2. The van der Waals surface area contributed by atoms with E-state index in [2.05, 4.69) is 17.2 Å². The number of nitrogens with one attached hydrogen (secondary N) is 1. The third kappa shape index (κ3) is 4.83. The zero-order valence-electron chi connectivity index (χ0n) is 13.8. The molecular weight excluding hydrogens is 360 g/mol. The van der Waals surface area contributed by atoms with Gasteiger partial charge in [0.1, 0.15) is 0 Å². The molecule has 0 aliphatic rings. The Morgan fingerprint density at radius 1 is 1.12 bits per heavy atom. The van der Waals surface area contributed by atoms with Crippen molar-refractivity contribution < 1.29 is 13.2 Å². The molecule has 0 radical (unpaired) electrons. The van der Waals surface area contributed by atoms with Gasteiger partial charge in [-0.3, -0.25) is 4.79 Å². The van der Waals surface area contributed by atoms with Gasteiger partial charge >= 0.3 is 0 Å². The van der Waals surface area contributed by atoms with E-state index in [9.17, 15) is 13.2 Å². The van der Waals surface area contributed by atoms with Crippen molar-refractivity contribution >= 4 is 27.5 Å². The standard InChI is InChI=1S/C18H17ClN2O3S/c1-21(2)25(23,24)16-11-9-15(10-12-16)18(22)20-13-5-7-14-6-3-4-8-17(14)19/h3-4,6,8-12H,13H2,1-2H3,(H,20,22). The molecule has 0 atom stereocenters. The Labute approximate surface area is 152 Å². The lowest BCUT2D eigenvalue weighted by Gasteiger charge is -2.11. The van der Waals surface area contributed by atoms with E-state index in [1.54, 1.807) is 12.1 Å². The number of carbonyl (C=O) groups is 1. The molecule has 0 saturated carbocycles. The van der Waals surface area contributed by atoms with Crippen LogP contribution < -0.4 is 5.32 Å². The van der Waals surface area contributed by atoms with Gasteiger partial charge in [-0.15, -0.1) is 0 Å². The van der Waals surface area contributed by atoms with Crippen LogP contribution in [0.15, 0.2) is 53.4 Å². The van der Waals surface area contributed by atoms with Gasteiger partial charge in [0, 0.05) is 25.2 Å². The van der Waals surface area contributed by atoms with Gasteiger partial charge in [-0.25, -0.2) is 12.7 Å². The van der Waals surface area contributed by atoms with Crippen molar-refractivity contribution in [2.75, 3.05) is 20.6 Å². The Balaban J connectivity index is 2.00. The Bertz CT molecular complexity index is 927. The first-order valence-electron chi connectivity index (χ1n) is 7.36. The summed E-state index contributed by atoms with van der Waals surface area (Å²) >= 11 is 5.99. The highest BCUT2D eigenvalue weighted by atomic mass is 35.5. The molecule has 1 amide bonds. The van der Waals surface area contributed by atoms with Crippen LogP contribution in [0.2, 0.25) is 5.02 Å². The number of benzene rings is 2. The Kier molecular flexibility index (Phi) is 6.21. The molecule has 0 fully saturated rings. The largest absolute Gasteiger partial charge is 0.341 e. The molecule has 0 heterocycles. The normalized spacial score (nSPS) is 10.9. The molecule has 0 aliphatic heterocycles. The minimum atomic E-state index is -3.51. The average Bonchev–Trinajstić information content (AvgIpc) is 2.60. The number of hydrogen-bond acceptors (Lipinski definition) is 3. The third-order valence-electron chi connectivity index (χ3n) is 3.33. The van der Waals surface area contributed by atoms with Crippen LogP contribution in [0.1, 0.15) is 15.9 Å². The summed E-state index contributed by atoms with van der Waals surface area (Å²) in [5, 5.41) is 3.21. The highest BCUT2D eigenvalue weighted by molar-refractivity contribution is 7.89. The number of halogens is 1. The molecule has 1 N–H and O–H groups in total. The Hall–Kier alpha value is -2.33. The lowest BCUT2D eigenvalue weighted by molar-refractivity contribution is 0.0958. The van der Waals surface area contributed by atoms with Gasteiger partial charge in [-0.2, -0.15) is 0 Å². The number of nitrogens with zero attached hydrogens (tertiary/aromatic N) is 1. The second-order valence-electron chi connectivity index (χ2n) is 5.28. The predicted molar refractivity (Wildman–Crippen MR) is 98.0 cm³/mol. The summed E-state index contributed by atoms with van der Waals surface area (Å²) in [6.45, 7) is 0.155. The van der Waals surface area contributed by atoms with Crippen molar-refractivity contribution in [3.8, 4) is 11.8 Å². The summed E-state index contributed by atoms with van der Waals surface area (Å²) in [5.74, 6) is 5.37. The molecule has 0 aromatic heterocycles. The lowest BCUT2D eigenvalue weighted by atomic mass is 10.2. The van der Waals surface area contributed by atoms with E-state index in [0.29, 0.717) is 16.1 Å². The van der Waals surface area contributed by atoms with Crippen LogP contribution in [0.4, 0.5) is 0 Å². The van der Waals surface area contributed by atoms with Crippen molar-refractivity contribution in [1.29, 1.82) is 0 Å². The van der Waals surface area contributed by atoms with E-state index in [1.807, 2.05) is 12.1 Å². The smallest absolute Gasteiger partial charge is 0.252 e. The molecule has 0 aliphatic carbocycles. The van der Waals surface area contributed by atoms with Crippen LogP contribution in [0.5, 0.6) is 0 Å². The fourth-order valence-electron chi connectivity index (χ4n) is 1.92. The predicted octanol–water partition coefficient (Wildman–Crippen LogP) is 2.37. The van der Waals surface area contributed by atoms with Crippen molar-refractivity contribution in [1.82, 2.24) is 9.62 Å². The fraction of sp³-hybridized carbons (Fsp3) is 0.167. The first kappa shape index (κ1) is 19.0. The van der Waals surface area contributed by atoms with Crippen molar-refractivity contribution in [3.05, 3.63) is 64.7 Å². The minimum Gasteiger partial charge on any atom is -0.341 e. The SMILES string of the molecule is CN(C)S(=O)(=O)c1ccc(C(=O)NCC#Cc2ccccc2Cl)cc1. The van der Waals surface area contributed by atoms with E-state index in [0.717, 1.165) is 4.31 Å². The van der Waals surface area contributed by atoms with Crippen molar-refractivity contribution in [2.45, 2.75) is 4.90 Å². The molecule has 5 nitrogen and oxygen atoms in total. The first-order chi connectivity index (χ1) is 11.8. The molecule has 7 heteroatoms. The first-order valence-corrected chi connectivity index (χ1v) is 9.18. The lowest BCUT2D eigenvalue weighted by Crippen LogP contribution is -2.24. The molecule has 2 rings (SSSR count). The van der Waals surface area contributed by atoms with Crippen LogP contribution in [0.25, 0.3) is 0 Å². The average molecular weight is 377 g/mol. The van der Waals surface area contributed by atoms with Gasteiger partial charge in [0.15, 0.2) is 0 Å². The number of rotatable bonds is 4. The number of sulfonamides is 1. The second kappa shape index (κ2) is 8.17. The molecule has 25 heavy (non-hydrogen) atoms. The fourth-order valence-corrected chi connectivity index (χ4v) is 3.00. The molecule has 2 aromatic carbocycles. The molecular formula is C18H17ClN2O3S. The maximum atomic E-state index is 12.1. The van der Waals surface area contributed by atoms with Gasteiger partial charge in [0.2, 0.25) is 10.0 Å². The second-order valence-corrected chi connectivity index (χ2v) is 7.84. The quantitative estimate of drug-likeness (QED) is 0.833. The molecule has 0 spiro atoms. The zero-order chi connectivity index (χ0) is 18.4. The van der Waals surface area contributed by atoms with Gasteiger partial charge in [-0.05, 0) is 36.4 Å². The zero-order valence-corrected chi connectivity index (χ0v) is 15.4. The summed E-state index contributed by atoms with van der Waals surface area (Å²) < 4.78 is 25.1. The Morgan fingerprint density at radius 3 is 2.36 bits per heavy atom. The maximum Gasteiger partial charge on any atom is 0.252 e. The number of amides is 1. The topological polar surface area (TPSA) is 66.5 Å². The highest BCUT2D eigenvalue weighted by Gasteiger charge is 2.17. The molecule has 0 bridgehead atoms. The van der Waals surface area contributed by atoms with Gasteiger partial charge < -0.3 is 5.32 Å². The summed E-state index contributed by atoms with van der Waals surface area (Å²) in [6.07, 6.45) is 0. The van der Waals surface area contributed by atoms with Crippen LogP contribution >= 0.6 is 11.6 Å². The van der Waals surface area contributed by atoms with Gasteiger partial charge in [0.25, 0.3) is 5.91 Å². The van der Waals surface area contributed by atoms with Crippen molar-refractivity contribution in [2.24, 2.45) is 0 Å². The highest BCUT2D eigenvalue weighted by Crippen LogP contribution is 2.14. The minimum absolute atomic E-state index is 0.132. The summed E-state index contributed by atoms with van der Waals surface area (Å²) in [7, 11) is -0.604. The number of hydrogen-bond donors (Lipinski definition) is 1. The molecule has 0 unspecified atom stereocenters. The van der Waals surface area contributed by atoms with E-state index >= 15 is 0 Å². The van der Waals surface area contributed by atoms with E-state index in [-0.39, 0.29) is 17.3 Å². The van der Waals surface area contributed by atoms with Crippen molar-refractivity contribution in [3.63, 3.8) is 0 Å². The van der Waals surface area contributed by atoms with Crippen LogP contribution in [-0.2, 0) is 10.0 Å². The van der Waals surface area contributed by atoms with Gasteiger partial charge in [0.05, 0.1) is 16.5 Å². The maximum absolute atomic E-state index is 12.1. The van der Waals surface area contributed by atoms with Gasteiger partial charge in [-0.1, -0.05) is 35.6 Å².